The lowest BCUT2D eigenvalue weighted by atomic mass is 9.87. The van der Waals surface area contributed by atoms with Crippen LogP contribution in [0.1, 0.15) is 12.8 Å². The third-order valence-corrected chi connectivity index (χ3v) is 2.37. The molecule has 1 aliphatic rings. The fraction of sp³-hybridized carbons (Fsp3) is 0.600. The maximum absolute atomic E-state index is 11.2. The number of carbonyl (C=O) groups is 2. The van der Waals surface area contributed by atoms with Crippen LogP contribution in [-0.4, -0.2) is 26.2 Å². The molecule has 4 nitrogen and oxygen atoms in total. The van der Waals surface area contributed by atoms with E-state index in [9.17, 15) is 9.59 Å². The molecule has 14 heavy (non-hydrogen) atoms. The summed E-state index contributed by atoms with van der Waals surface area (Å²) in [4.78, 5) is 22.4. The zero-order valence-electron chi connectivity index (χ0n) is 8.36. The summed E-state index contributed by atoms with van der Waals surface area (Å²) in [6, 6.07) is 0. The Bertz CT molecular complexity index is 257. The van der Waals surface area contributed by atoms with Crippen LogP contribution in [0.3, 0.4) is 0 Å². The van der Waals surface area contributed by atoms with E-state index in [1.54, 1.807) is 6.08 Å². The van der Waals surface area contributed by atoms with Crippen molar-refractivity contribution < 1.29 is 19.1 Å². The lowest BCUT2D eigenvalue weighted by Crippen LogP contribution is -2.26. The molecule has 0 aromatic heterocycles. The second-order valence-corrected chi connectivity index (χ2v) is 3.25. The lowest BCUT2D eigenvalue weighted by Gasteiger charge is -2.20. The van der Waals surface area contributed by atoms with Gasteiger partial charge in [-0.3, -0.25) is 9.59 Å². The molecule has 0 aromatic carbocycles. The van der Waals surface area contributed by atoms with Crippen molar-refractivity contribution in [1.29, 1.82) is 0 Å². The smallest absolute Gasteiger partial charge is 0.312 e. The zero-order valence-corrected chi connectivity index (χ0v) is 8.36. The molecule has 1 aliphatic carbocycles. The molecule has 0 spiro atoms. The Labute approximate surface area is 82.9 Å². The Kier molecular flexibility index (Phi) is 3.68. The first-order chi connectivity index (χ1) is 6.69. The topological polar surface area (TPSA) is 52.6 Å². The van der Waals surface area contributed by atoms with E-state index < -0.39 is 0 Å². The summed E-state index contributed by atoms with van der Waals surface area (Å²) >= 11 is 0. The average Bonchev–Trinajstić information content (AvgIpc) is 2.27. The van der Waals surface area contributed by atoms with Crippen LogP contribution in [-0.2, 0) is 19.1 Å². The average molecular weight is 198 g/mol. The predicted molar refractivity (Wildman–Crippen MR) is 49.4 cm³/mol. The molecule has 78 valence electrons. The number of allylic oxidation sites excluding steroid dienone is 1. The maximum Gasteiger partial charge on any atom is 0.312 e. The Morgan fingerprint density at radius 1 is 1.21 bits per heavy atom. The van der Waals surface area contributed by atoms with Gasteiger partial charge in [-0.1, -0.05) is 12.2 Å². The van der Waals surface area contributed by atoms with Gasteiger partial charge < -0.3 is 9.47 Å². The molecule has 4 heteroatoms. The molecule has 0 N–H and O–H groups in total. The van der Waals surface area contributed by atoms with Crippen LogP contribution in [0.2, 0.25) is 0 Å². The highest BCUT2D eigenvalue weighted by atomic mass is 16.5. The molecule has 0 heterocycles. The third kappa shape index (κ3) is 2.34. The lowest BCUT2D eigenvalue weighted by molar-refractivity contribution is -0.148. The molecular weight excluding hydrogens is 184 g/mol. The van der Waals surface area contributed by atoms with Gasteiger partial charge >= 0.3 is 11.9 Å². The van der Waals surface area contributed by atoms with Gasteiger partial charge in [-0.2, -0.15) is 0 Å². The van der Waals surface area contributed by atoms with Gasteiger partial charge in [-0.15, -0.1) is 0 Å². The van der Waals surface area contributed by atoms with E-state index >= 15 is 0 Å². The monoisotopic (exact) mass is 198 g/mol. The maximum atomic E-state index is 11.2. The van der Waals surface area contributed by atoms with Crippen molar-refractivity contribution in [1.82, 2.24) is 0 Å². The van der Waals surface area contributed by atoms with Crippen LogP contribution in [0.25, 0.3) is 0 Å². The van der Waals surface area contributed by atoms with Gasteiger partial charge in [0.1, 0.15) is 0 Å². The minimum Gasteiger partial charge on any atom is -0.469 e. The first kappa shape index (κ1) is 10.8. The number of hydrogen-bond acceptors (Lipinski definition) is 4. The largest absolute Gasteiger partial charge is 0.469 e. The molecule has 0 amide bonds. The molecule has 2 atom stereocenters. The Hall–Kier alpha value is -1.32. The van der Waals surface area contributed by atoms with Gasteiger partial charge in [-0.05, 0) is 12.8 Å². The van der Waals surface area contributed by atoms with Gasteiger partial charge in [0, 0.05) is 0 Å². The first-order valence-corrected chi connectivity index (χ1v) is 4.51. The molecule has 1 rings (SSSR count). The Morgan fingerprint density at radius 3 is 2.43 bits per heavy atom. The highest BCUT2D eigenvalue weighted by molar-refractivity contribution is 5.78. The molecule has 0 aromatic rings. The molecular formula is C10H14O4. The summed E-state index contributed by atoms with van der Waals surface area (Å²) in [5.74, 6) is -1.08. The van der Waals surface area contributed by atoms with Gasteiger partial charge in [0.15, 0.2) is 0 Å². The van der Waals surface area contributed by atoms with Crippen molar-refractivity contribution in [3.05, 3.63) is 12.2 Å². The first-order valence-electron chi connectivity index (χ1n) is 4.51. The van der Waals surface area contributed by atoms with E-state index in [1.807, 2.05) is 6.08 Å². The van der Waals surface area contributed by atoms with Crippen molar-refractivity contribution in [2.75, 3.05) is 14.2 Å². The summed E-state index contributed by atoms with van der Waals surface area (Å²) in [6.07, 6.45) is 4.73. The number of carbonyl (C=O) groups excluding carboxylic acids is 2. The molecule has 0 radical (unpaired) electrons. The van der Waals surface area contributed by atoms with Crippen molar-refractivity contribution in [3.63, 3.8) is 0 Å². The number of ether oxygens (including phenoxy) is 2. The van der Waals surface area contributed by atoms with E-state index in [0.29, 0.717) is 12.8 Å². The molecule has 0 fully saturated rings. The second kappa shape index (κ2) is 4.79. The van der Waals surface area contributed by atoms with E-state index in [-0.39, 0.29) is 23.8 Å². The van der Waals surface area contributed by atoms with E-state index in [0.717, 1.165) is 0 Å². The van der Waals surface area contributed by atoms with Gasteiger partial charge in [-0.25, -0.2) is 0 Å². The molecule has 0 aliphatic heterocycles. The van der Waals surface area contributed by atoms with Crippen LogP contribution in [0.4, 0.5) is 0 Å². The zero-order chi connectivity index (χ0) is 10.6. The van der Waals surface area contributed by atoms with Crippen molar-refractivity contribution >= 4 is 11.9 Å². The molecule has 0 unspecified atom stereocenters. The second-order valence-electron chi connectivity index (χ2n) is 3.25. The minimum atomic E-state index is -0.308. The fourth-order valence-corrected chi connectivity index (χ4v) is 1.57. The third-order valence-electron chi connectivity index (χ3n) is 2.37. The van der Waals surface area contributed by atoms with Gasteiger partial charge in [0.25, 0.3) is 0 Å². The fourth-order valence-electron chi connectivity index (χ4n) is 1.57. The van der Waals surface area contributed by atoms with Crippen LogP contribution in [0.15, 0.2) is 12.2 Å². The molecule has 0 saturated carbocycles. The predicted octanol–water partition coefficient (Wildman–Crippen LogP) is 0.915. The summed E-state index contributed by atoms with van der Waals surface area (Å²) < 4.78 is 9.24. The van der Waals surface area contributed by atoms with Crippen LogP contribution in [0.5, 0.6) is 0 Å². The van der Waals surface area contributed by atoms with Crippen LogP contribution < -0.4 is 0 Å². The quantitative estimate of drug-likeness (QED) is 0.489. The van der Waals surface area contributed by atoms with Gasteiger partial charge in [0.05, 0.1) is 26.1 Å². The Morgan fingerprint density at radius 2 is 1.86 bits per heavy atom. The number of rotatable bonds is 2. The van der Waals surface area contributed by atoms with Crippen molar-refractivity contribution in [2.24, 2.45) is 11.8 Å². The molecule has 0 bridgehead atoms. The Balaban J connectivity index is 2.60. The normalized spacial score (nSPS) is 25.6. The van der Waals surface area contributed by atoms with E-state index in [2.05, 4.69) is 9.47 Å². The highest BCUT2D eigenvalue weighted by Gasteiger charge is 2.28. The van der Waals surface area contributed by atoms with E-state index in [1.165, 1.54) is 14.2 Å². The van der Waals surface area contributed by atoms with Gasteiger partial charge in [0.2, 0.25) is 0 Å². The van der Waals surface area contributed by atoms with E-state index in [4.69, 9.17) is 0 Å². The molecule has 0 saturated heterocycles. The number of esters is 2. The van der Waals surface area contributed by atoms with Crippen molar-refractivity contribution in [3.8, 4) is 0 Å². The summed E-state index contributed by atoms with van der Waals surface area (Å²) in [5, 5.41) is 0. The summed E-state index contributed by atoms with van der Waals surface area (Å²) in [6.45, 7) is 0. The van der Waals surface area contributed by atoms with Crippen LogP contribution in [0, 0.1) is 11.8 Å². The summed E-state index contributed by atoms with van der Waals surface area (Å²) in [7, 11) is 2.70. The van der Waals surface area contributed by atoms with Crippen LogP contribution >= 0.6 is 0 Å². The summed E-state index contributed by atoms with van der Waals surface area (Å²) in [5.41, 5.74) is 0. The number of methoxy groups -OCH3 is 2. The number of hydrogen-bond donors (Lipinski definition) is 0. The SMILES string of the molecule is COC(=O)[C@@H]1CC=C[C@@H](C(=O)OC)C1. The minimum absolute atomic E-state index is 0.214. The van der Waals surface area contributed by atoms with Crippen molar-refractivity contribution in [2.45, 2.75) is 12.8 Å². The highest BCUT2D eigenvalue weighted by Crippen LogP contribution is 2.25. The standard InChI is InChI=1S/C10H14O4/c1-13-9(11)7-4-3-5-8(6-7)10(12)14-2/h3-4,7-8H,5-6H2,1-2H3/t7-,8-/m1/s1.